The Morgan fingerprint density at radius 3 is 2.69 bits per heavy atom. The number of nitriles is 1. The zero-order valence-electron chi connectivity index (χ0n) is 19.9. The molecular formula is C25H29N7O2S. The van der Waals surface area contributed by atoms with Gasteiger partial charge in [0.1, 0.15) is 11.9 Å². The third-order valence-electron chi connectivity index (χ3n) is 6.49. The van der Waals surface area contributed by atoms with Crippen LogP contribution in [-0.4, -0.2) is 57.3 Å². The first-order valence-corrected chi connectivity index (χ1v) is 13.1. The molecule has 5 rings (SSSR count). The summed E-state index contributed by atoms with van der Waals surface area (Å²) in [4.78, 5) is 15.3. The minimum atomic E-state index is -0.169. The third kappa shape index (κ3) is 4.66. The van der Waals surface area contributed by atoms with E-state index in [-0.39, 0.29) is 11.7 Å². The molecule has 9 nitrogen and oxygen atoms in total. The summed E-state index contributed by atoms with van der Waals surface area (Å²) in [6, 6.07) is 12.3. The van der Waals surface area contributed by atoms with Crippen molar-refractivity contribution >= 4 is 29.4 Å². The number of hydrogen-bond acceptors (Lipinski definition) is 7. The highest BCUT2D eigenvalue weighted by atomic mass is 32.2. The maximum absolute atomic E-state index is 13.1. The molecule has 0 unspecified atom stereocenters. The average Bonchev–Trinajstić information content (AvgIpc) is 3.46. The van der Waals surface area contributed by atoms with Crippen LogP contribution in [0.2, 0.25) is 0 Å². The minimum absolute atomic E-state index is 0.169. The molecule has 0 atom stereocenters. The molecule has 3 aromatic rings. The Kier molecular flexibility index (Phi) is 7.06. The lowest BCUT2D eigenvalue weighted by molar-refractivity contribution is -0.113. The SMILES string of the molecule is CCn1c(SCC(=O)Nc2c(C#N)c3c(n2-c2ccccc2)CCCC3)nnc1N1CCOCC1. The van der Waals surface area contributed by atoms with E-state index in [4.69, 9.17) is 4.74 Å². The van der Waals surface area contributed by atoms with Crippen molar-refractivity contribution in [2.24, 2.45) is 0 Å². The quantitative estimate of drug-likeness (QED) is 0.506. The number of morpholine rings is 1. The highest BCUT2D eigenvalue weighted by molar-refractivity contribution is 7.99. The number of benzene rings is 1. The number of carbonyl (C=O) groups is 1. The molecule has 2 aliphatic rings. The number of hydrogen-bond donors (Lipinski definition) is 1. The zero-order chi connectivity index (χ0) is 24.2. The van der Waals surface area contributed by atoms with E-state index in [1.54, 1.807) is 0 Å². The number of rotatable bonds is 7. The topological polar surface area (TPSA) is 101 Å². The van der Waals surface area contributed by atoms with E-state index < -0.39 is 0 Å². The van der Waals surface area contributed by atoms with E-state index in [0.717, 1.165) is 61.7 Å². The minimum Gasteiger partial charge on any atom is -0.378 e. The fourth-order valence-electron chi connectivity index (χ4n) is 4.86. The fourth-order valence-corrected chi connectivity index (χ4v) is 5.65. The van der Waals surface area contributed by atoms with Crippen LogP contribution in [0.5, 0.6) is 0 Å². The molecule has 1 fully saturated rings. The molecule has 0 saturated carbocycles. The lowest BCUT2D eigenvalue weighted by Crippen LogP contribution is -2.38. The van der Waals surface area contributed by atoms with Crippen molar-refractivity contribution in [1.82, 2.24) is 19.3 Å². The number of nitrogens with one attached hydrogen (secondary N) is 1. The van der Waals surface area contributed by atoms with Crippen molar-refractivity contribution < 1.29 is 9.53 Å². The first kappa shape index (κ1) is 23.5. The lowest BCUT2D eigenvalue weighted by atomic mass is 9.95. The van der Waals surface area contributed by atoms with Crippen LogP contribution >= 0.6 is 11.8 Å². The maximum Gasteiger partial charge on any atom is 0.236 e. The van der Waals surface area contributed by atoms with Crippen LogP contribution in [0.15, 0.2) is 35.5 Å². The standard InChI is InChI=1S/C25H29N7O2S/c1-2-31-24(30-12-14-34-15-13-30)28-29-25(31)35-17-22(33)27-23-20(16-26)19-10-6-7-11-21(19)32(23)18-8-4-3-5-9-18/h3-5,8-9H,2,6-7,10-15,17H2,1H3,(H,27,33). The van der Waals surface area contributed by atoms with Gasteiger partial charge in [-0.15, -0.1) is 10.2 Å². The first-order chi connectivity index (χ1) is 17.2. The van der Waals surface area contributed by atoms with Crippen LogP contribution in [0.25, 0.3) is 5.69 Å². The molecule has 1 aromatic carbocycles. The highest BCUT2D eigenvalue weighted by Gasteiger charge is 2.27. The number of anilines is 2. The number of amides is 1. The third-order valence-corrected chi connectivity index (χ3v) is 7.46. The molecule has 182 valence electrons. The van der Waals surface area contributed by atoms with Gasteiger partial charge in [-0.2, -0.15) is 5.26 Å². The molecule has 1 N–H and O–H groups in total. The molecule has 0 spiro atoms. The van der Waals surface area contributed by atoms with E-state index in [1.165, 1.54) is 11.8 Å². The molecule has 1 aliphatic heterocycles. The Morgan fingerprint density at radius 2 is 1.94 bits per heavy atom. The Hall–Kier alpha value is -3.29. The summed E-state index contributed by atoms with van der Waals surface area (Å²) in [5, 5.41) is 22.5. The van der Waals surface area contributed by atoms with Crippen molar-refractivity contribution in [3.05, 3.63) is 47.2 Å². The van der Waals surface area contributed by atoms with Gasteiger partial charge in [-0.1, -0.05) is 30.0 Å². The van der Waals surface area contributed by atoms with Crippen molar-refractivity contribution in [2.75, 3.05) is 42.3 Å². The summed E-state index contributed by atoms with van der Waals surface area (Å²) in [6.45, 7) is 5.67. The molecule has 3 heterocycles. The van der Waals surface area contributed by atoms with E-state index in [0.29, 0.717) is 36.3 Å². The summed E-state index contributed by atoms with van der Waals surface area (Å²) in [5.74, 6) is 1.40. The molecule has 1 amide bonds. The molecule has 1 saturated heterocycles. The van der Waals surface area contributed by atoms with Gasteiger partial charge in [0.15, 0.2) is 5.16 Å². The average molecular weight is 492 g/mol. The van der Waals surface area contributed by atoms with Crippen molar-refractivity contribution in [3.63, 3.8) is 0 Å². The number of nitrogens with zero attached hydrogens (tertiary/aromatic N) is 6. The molecule has 2 aromatic heterocycles. The molecule has 10 heteroatoms. The number of aromatic nitrogens is 4. The van der Waals surface area contributed by atoms with Gasteiger partial charge in [-0.05, 0) is 50.3 Å². The van der Waals surface area contributed by atoms with Gasteiger partial charge in [0.25, 0.3) is 0 Å². The van der Waals surface area contributed by atoms with Gasteiger partial charge in [0.05, 0.1) is 24.5 Å². The Balaban J connectivity index is 1.37. The van der Waals surface area contributed by atoms with Gasteiger partial charge in [0.2, 0.25) is 11.9 Å². The van der Waals surface area contributed by atoms with Gasteiger partial charge in [0, 0.05) is 31.0 Å². The highest BCUT2D eigenvalue weighted by Crippen LogP contribution is 2.35. The first-order valence-electron chi connectivity index (χ1n) is 12.1. The Morgan fingerprint density at radius 1 is 1.17 bits per heavy atom. The predicted octanol–water partition coefficient (Wildman–Crippen LogP) is 3.41. The van der Waals surface area contributed by atoms with Crippen LogP contribution in [0.3, 0.4) is 0 Å². The van der Waals surface area contributed by atoms with E-state index in [1.807, 2.05) is 41.8 Å². The normalized spacial score (nSPS) is 15.5. The number of ether oxygens (including phenoxy) is 1. The summed E-state index contributed by atoms with van der Waals surface area (Å²) in [6.07, 6.45) is 3.89. The van der Waals surface area contributed by atoms with Crippen LogP contribution in [0, 0.1) is 11.3 Å². The number of para-hydroxylation sites is 1. The second-order valence-electron chi connectivity index (χ2n) is 8.60. The van der Waals surface area contributed by atoms with E-state index in [2.05, 4.69) is 31.1 Å². The summed E-state index contributed by atoms with van der Waals surface area (Å²) < 4.78 is 9.54. The Labute approximate surface area is 209 Å². The van der Waals surface area contributed by atoms with Gasteiger partial charge >= 0.3 is 0 Å². The van der Waals surface area contributed by atoms with Crippen LogP contribution in [0.4, 0.5) is 11.8 Å². The lowest BCUT2D eigenvalue weighted by Gasteiger charge is -2.27. The van der Waals surface area contributed by atoms with Crippen molar-refractivity contribution in [2.45, 2.75) is 44.3 Å². The molecule has 0 bridgehead atoms. The molecule has 0 radical (unpaired) electrons. The van der Waals surface area contributed by atoms with Crippen LogP contribution < -0.4 is 10.2 Å². The van der Waals surface area contributed by atoms with Crippen molar-refractivity contribution in [3.8, 4) is 11.8 Å². The largest absolute Gasteiger partial charge is 0.378 e. The van der Waals surface area contributed by atoms with Crippen molar-refractivity contribution in [1.29, 1.82) is 5.26 Å². The molecule has 35 heavy (non-hydrogen) atoms. The van der Waals surface area contributed by atoms with Gasteiger partial charge < -0.3 is 15.0 Å². The van der Waals surface area contributed by atoms with E-state index >= 15 is 0 Å². The Bertz CT molecular complexity index is 1240. The van der Waals surface area contributed by atoms with Gasteiger partial charge in [-0.25, -0.2) is 0 Å². The number of thioether (sulfide) groups is 1. The number of fused-ring (bicyclic) bond motifs is 1. The summed E-state index contributed by atoms with van der Waals surface area (Å²) in [5.41, 5.74) is 3.72. The number of carbonyl (C=O) groups excluding carboxylic acids is 1. The van der Waals surface area contributed by atoms with Crippen LogP contribution in [0.1, 0.15) is 36.6 Å². The smallest absolute Gasteiger partial charge is 0.236 e. The molecule has 1 aliphatic carbocycles. The fraction of sp³-hybridized carbons (Fsp3) is 0.440. The second-order valence-corrected chi connectivity index (χ2v) is 9.54. The van der Waals surface area contributed by atoms with Gasteiger partial charge in [-0.3, -0.25) is 13.9 Å². The zero-order valence-corrected chi connectivity index (χ0v) is 20.7. The van der Waals surface area contributed by atoms with Crippen LogP contribution in [-0.2, 0) is 28.9 Å². The monoisotopic (exact) mass is 491 g/mol. The summed E-state index contributed by atoms with van der Waals surface area (Å²) >= 11 is 1.36. The molecular weight excluding hydrogens is 462 g/mol. The predicted molar refractivity (Wildman–Crippen MR) is 135 cm³/mol. The summed E-state index contributed by atoms with van der Waals surface area (Å²) in [7, 11) is 0. The second kappa shape index (κ2) is 10.5. The maximum atomic E-state index is 13.1. The van der Waals surface area contributed by atoms with E-state index in [9.17, 15) is 10.1 Å².